The third-order valence-electron chi connectivity index (χ3n) is 4.42. The van der Waals surface area contributed by atoms with Crippen LogP contribution in [0.1, 0.15) is 20.1 Å². The number of aromatic nitrogens is 4. The molecule has 13 nitrogen and oxygen atoms in total. The monoisotopic (exact) mass is 430 g/mol. The lowest BCUT2D eigenvalue weighted by molar-refractivity contribution is -0.118. The lowest BCUT2D eigenvalue weighted by Gasteiger charge is -2.18. The molecule has 0 aromatic carbocycles. The van der Waals surface area contributed by atoms with E-state index in [1.807, 2.05) is 0 Å². The van der Waals surface area contributed by atoms with E-state index in [-0.39, 0.29) is 28.9 Å². The quantitative estimate of drug-likeness (QED) is 0.425. The first-order valence-electron chi connectivity index (χ1n) is 8.66. The van der Waals surface area contributed by atoms with Gasteiger partial charge >= 0.3 is 8.25 Å². The predicted octanol–water partition coefficient (Wildman–Crippen LogP) is -0.346. The number of aliphatic hydroxyl groups excluding tert-OH is 1. The molecule has 1 aliphatic rings. The van der Waals surface area contributed by atoms with Crippen LogP contribution in [0.4, 0.5) is 5.95 Å². The highest BCUT2D eigenvalue weighted by Crippen LogP contribution is 2.38. The van der Waals surface area contributed by atoms with Crippen LogP contribution < -0.4 is 10.9 Å². The first-order valence-corrected chi connectivity index (χ1v) is 9.79. The average molecular weight is 430 g/mol. The number of hydrogen-bond acceptors (Lipinski definition) is 9. The summed E-state index contributed by atoms with van der Waals surface area (Å²) >= 11 is 0. The zero-order chi connectivity index (χ0) is 21.3. The summed E-state index contributed by atoms with van der Waals surface area (Å²) in [7, 11) is -1.67. The van der Waals surface area contributed by atoms with Gasteiger partial charge in [0.1, 0.15) is 12.2 Å². The van der Waals surface area contributed by atoms with Crippen LogP contribution in [0.5, 0.6) is 0 Å². The van der Waals surface area contributed by atoms with Gasteiger partial charge in [0.15, 0.2) is 23.5 Å². The summed E-state index contributed by atoms with van der Waals surface area (Å²) in [4.78, 5) is 44.1. The molecule has 5 atom stereocenters. The van der Waals surface area contributed by atoms with Gasteiger partial charge in [-0.3, -0.25) is 24.5 Å². The Morgan fingerprint density at radius 1 is 1.48 bits per heavy atom. The molecule has 0 aliphatic carbocycles. The van der Waals surface area contributed by atoms with Crippen molar-refractivity contribution in [2.45, 2.75) is 38.4 Å². The van der Waals surface area contributed by atoms with Crippen LogP contribution in [0.3, 0.4) is 0 Å². The van der Waals surface area contributed by atoms with E-state index in [0.717, 1.165) is 0 Å². The van der Waals surface area contributed by atoms with Gasteiger partial charge in [-0.1, -0.05) is 13.8 Å². The maximum Gasteiger partial charge on any atom is 0.695 e. The minimum Gasteiger partial charge on any atom is -0.394 e. The molecule has 1 unspecified atom stereocenters. The van der Waals surface area contributed by atoms with Crippen molar-refractivity contribution in [3.8, 4) is 0 Å². The molecule has 29 heavy (non-hydrogen) atoms. The number of amides is 1. The van der Waals surface area contributed by atoms with Gasteiger partial charge in [0, 0.05) is 17.6 Å². The first-order chi connectivity index (χ1) is 13.8. The van der Waals surface area contributed by atoms with Crippen LogP contribution in [-0.4, -0.2) is 67.5 Å². The number of rotatable bonds is 7. The molecule has 0 spiro atoms. The molecule has 3 heterocycles. The van der Waals surface area contributed by atoms with Crippen molar-refractivity contribution < 1.29 is 33.4 Å². The van der Waals surface area contributed by atoms with Crippen LogP contribution in [0.2, 0.25) is 0 Å². The fourth-order valence-corrected chi connectivity index (χ4v) is 3.45. The lowest BCUT2D eigenvalue weighted by Crippen LogP contribution is -2.36. The minimum atomic E-state index is -3.02. The highest BCUT2D eigenvalue weighted by Gasteiger charge is 2.51. The molecule has 2 aromatic heterocycles. The number of hydrogen-bond donors (Lipinski definition) is 4. The topological polar surface area (TPSA) is 178 Å². The number of nitrogens with zero attached hydrogens (tertiary/aromatic N) is 3. The summed E-state index contributed by atoms with van der Waals surface area (Å²) in [6, 6.07) is 0. The summed E-state index contributed by atoms with van der Waals surface area (Å²) in [6.45, 7) is 2.93. The van der Waals surface area contributed by atoms with Gasteiger partial charge in [-0.25, -0.2) is 4.98 Å². The Labute approximate surface area is 165 Å². The second kappa shape index (κ2) is 8.61. The number of carbonyl (C=O) groups excluding carboxylic acids is 1. The predicted molar refractivity (Wildman–Crippen MR) is 98.1 cm³/mol. The summed E-state index contributed by atoms with van der Waals surface area (Å²) < 4.78 is 28.7. The van der Waals surface area contributed by atoms with E-state index in [1.54, 1.807) is 13.8 Å². The Bertz CT molecular complexity index is 975. The molecular formula is C15H21N5O8P+. The number of imidazole rings is 1. The van der Waals surface area contributed by atoms with E-state index in [9.17, 15) is 24.2 Å². The molecule has 14 heteroatoms. The van der Waals surface area contributed by atoms with Crippen LogP contribution >= 0.6 is 8.25 Å². The second-order valence-corrected chi connectivity index (χ2v) is 7.32. The van der Waals surface area contributed by atoms with Gasteiger partial charge in [0.25, 0.3) is 5.56 Å². The molecule has 3 rings (SSSR count). The molecule has 1 fully saturated rings. The molecule has 0 bridgehead atoms. The first kappa shape index (κ1) is 21.4. The van der Waals surface area contributed by atoms with Crippen molar-refractivity contribution in [2.75, 3.05) is 19.0 Å². The van der Waals surface area contributed by atoms with Crippen molar-refractivity contribution in [2.24, 2.45) is 5.92 Å². The summed E-state index contributed by atoms with van der Waals surface area (Å²) in [5.74, 6) is -0.784. The number of aromatic amines is 1. The van der Waals surface area contributed by atoms with Crippen molar-refractivity contribution >= 4 is 31.3 Å². The number of anilines is 1. The van der Waals surface area contributed by atoms with Gasteiger partial charge in [-0.05, 0) is 0 Å². The number of H-pyrrole nitrogens is 1. The molecule has 2 aromatic rings. The zero-order valence-corrected chi connectivity index (χ0v) is 16.7. The SMILES string of the molecule is CO[C@H]1[C@@H](O[P+](=O)O)[C@H](n2cnc3c(=O)[nH]c(NC(=O)C(C)C)nc32)O[C@@H]1CO. The molecule has 1 saturated heterocycles. The number of fused-ring (bicyclic) bond motifs is 1. The number of aliphatic hydroxyl groups is 1. The maximum atomic E-state index is 12.3. The van der Waals surface area contributed by atoms with Gasteiger partial charge in [-0.15, -0.1) is 9.42 Å². The lowest BCUT2D eigenvalue weighted by atomic mass is 10.1. The fraction of sp³-hybridized carbons (Fsp3) is 0.600. The van der Waals surface area contributed by atoms with E-state index in [1.165, 1.54) is 18.0 Å². The van der Waals surface area contributed by atoms with Gasteiger partial charge in [-0.2, -0.15) is 4.98 Å². The highest BCUT2D eigenvalue weighted by molar-refractivity contribution is 7.32. The van der Waals surface area contributed by atoms with Crippen LogP contribution in [0.15, 0.2) is 11.1 Å². The third kappa shape index (κ3) is 4.20. The van der Waals surface area contributed by atoms with E-state index < -0.39 is 45.0 Å². The Morgan fingerprint density at radius 2 is 2.21 bits per heavy atom. The molecule has 0 saturated carbocycles. The molecule has 4 N–H and O–H groups in total. The standard InChI is InChI=1S/C15H20N5O8P/c1-6(2)12(22)18-15-17-11-8(13(23)19-15)16-5-20(11)14-10(28-29(24)25)9(26-3)7(4-21)27-14/h5-7,9-10,14,21H,4H2,1-3H3,(H2-,17,18,19,22,23,24,25)/p+1/t7-,9-,10-,14-/m1/s1. The van der Waals surface area contributed by atoms with E-state index in [0.29, 0.717) is 0 Å². The second-order valence-electron chi connectivity index (χ2n) is 6.64. The molecule has 0 radical (unpaired) electrons. The van der Waals surface area contributed by atoms with Crippen molar-refractivity contribution in [1.82, 2.24) is 19.5 Å². The van der Waals surface area contributed by atoms with E-state index in [4.69, 9.17) is 14.0 Å². The molecule has 1 aliphatic heterocycles. The average Bonchev–Trinajstić information content (AvgIpc) is 3.22. The molecular weight excluding hydrogens is 409 g/mol. The summed E-state index contributed by atoms with van der Waals surface area (Å²) in [6.07, 6.45) is -2.65. The van der Waals surface area contributed by atoms with Crippen molar-refractivity contribution in [3.63, 3.8) is 0 Å². The van der Waals surface area contributed by atoms with Gasteiger partial charge in [0.2, 0.25) is 11.9 Å². The minimum absolute atomic E-state index is 0.0373. The fourth-order valence-electron chi connectivity index (χ4n) is 3.01. The third-order valence-corrected chi connectivity index (χ3v) is 4.85. The number of nitrogens with one attached hydrogen (secondary N) is 2. The van der Waals surface area contributed by atoms with Crippen molar-refractivity contribution in [1.29, 1.82) is 0 Å². The molecule has 158 valence electrons. The molecule has 1 amide bonds. The van der Waals surface area contributed by atoms with E-state index >= 15 is 0 Å². The number of ether oxygens (including phenoxy) is 2. The van der Waals surface area contributed by atoms with Crippen molar-refractivity contribution in [3.05, 3.63) is 16.7 Å². The maximum absolute atomic E-state index is 12.3. The van der Waals surface area contributed by atoms with Crippen LogP contribution in [0, 0.1) is 5.92 Å². The van der Waals surface area contributed by atoms with Crippen LogP contribution in [-0.2, 0) is 23.4 Å². The summed E-state index contributed by atoms with van der Waals surface area (Å²) in [5, 5.41) is 12.0. The Morgan fingerprint density at radius 3 is 2.79 bits per heavy atom. The Balaban J connectivity index is 2.05. The smallest absolute Gasteiger partial charge is 0.394 e. The zero-order valence-electron chi connectivity index (χ0n) is 15.8. The van der Waals surface area contributed by atoms with Gasteiger partial charge in [0.05, 0.1) is 12.9 Å². The number of methoxy groups -OCH3 is 1. The number of carbonyl (C=O) groups is 1. The highest BCUT2D eigenvalue weighted by atomic mass is 31.1. The van der Waals surface area contributed by atoms with Gasteiger partial charge < -0.3 is 14.6 Å². The normalized spacial score (nSPS) is 25.0. The Kier molecular flexibility index (Phi) is 6.36. The Hall–Kier alpha value is -2.28. The summed E-state index contributed by atoms with van der Waals surface area (Å²) in [5.41, 5.74) is -0.587. The van der Waals surface area contributed by atoms with Crippen LogP contribution in [0.25, 0.3) is 11.2 Å². The van der Waals surface area contributed by atoms with E-state index in [2.05, 4.69) is 20.3 Å². The largest absolute Gasteiger partial charge is 0.695 e.